The highest BCUT2D eigenvalue weighted by atomic mass is 35.5. The number of sulfone groups is 1. The third-order valence-electron chi connectivity index (χ3n) is 3.91. The predicted octanol–water partition coefficient (Wildman–Crippen LogP) is 2.61. The summed E-state index contributed by atoms with van der Waals surface area (Å²) in [6.07, 6.45) is 6.35. The second-order valence-electron chi connectivity index (χ2n) is 6.08. The SMILES string of the molecule is Cc1cnn(Cc2c(S(C)(=O)=O)ccc(COc3ccnn3C)c2Cl)c1. The molecule has 0 radical (unpaired) electrons. The molecule has 0 aliphatic heterocycles. The third-order valence-corrected chi connectivity index (χ3v) is 5.57. The Morgan fingerprint density at radius 1 is 1.23 bits per heavy atom. The van der Waals surface area contributed by atoms with Crippen LogP contribution in [-0.2, 0) is 30.0 Å². The van der Waals surface area contributed by atoms with Crippen molar-refractivity contribution in [2.45, 2.75) is 25.0 Å². The summed E-state index contributed by atoms with van der Waals surface area (Å²) >= 11 is 6.55. The number of ether oxygens (including phenoxy) is 1. The standard InChI is InChI=1S/C17H19ClN4O3S/c1-12-8-20-22(9-12)10-14-15(26(3,23)24)5-4-13(17(14)18)11-25-16-6-7-19-21(16)2/h4-9H,10-11H2,1-3H3. The number of hydrogen-bond acceptors (Lipinski definition) is 5. The molecule has 26 heavy (non-hydrogen) atoms. The number of nitrogens with zero attached hydrogens (tertiary/aromatic N) is 4. The molecule has 3 aromatic rings. The van der Waals surface area contributed by atoms with Gasteiger partial charge in [0.15, 0.2) is 9.84 Å². The highest BCUT2D eigenvalue weighted by Gasteiger charge is 2.20. The Labute approximate surface area is 157 Å². The minimum absolute atomic E-state index is 0.194. The summed E-state index contributed by atoms with van der Waals surface area (Å²) < 4.78 is 33.3. The first-order chi connectivity index (χ1) is 12.3. The molecular formula is C17H19ClN4O3S. The van der Waals surface area contributed by atoms with Crippen LogP contribution >= 0.6 is 11.6 Å². The maximum atomic E-state index is 12.2. The quantitative estimate of drug-likeness (QED) is 0.642. The first kappa shape index (κ1) is 18.5. The summed E-state index contributed by atoms with van der Waals surface area (Å²) in [6.45, 7) is 2.38. The van der Waals surface area contributed by atoms with E-state index >= 15 is 0 Å². The number of aromatic nitrogens is 4. The van der Waals surface area contributed by atoms with Gasteiger partial charge in [0.1, 0.15) is 6.61 Å². The smallest absolute Gasteiger partial charge is 0.211 e. The van der Waals surface area contributed by atoms with Crippen molar-refractivity contribution in [3.63, 3.8) is 0 Å². The Morgan fingerprint density at radius 2 is 2.00 bits per heavy atom. The van der Waals surface area contributed by atoms with E-state index in [0.29, 0.717) is 22.0 Å². The molecule has 0 saturated carbocycles. The van der Waals surface area contributed by atoms with Gasteiger partial charge >= 0.3 is 0 Å². The van der Waals surface area contributed by atoms with Crippen molar-refractivity contribution >= 4 is 21.4 Å². The Bertz CT molecular complexity index is 1040. The van der Waals surface area contributed by atoms with Gasteiger partial charge in [-0.15, -0.1) is 0 Å². The van der Waals surface area contributed by atoms with E-state index < -0.39 is 9.84 Å². The molecule has 0 spiro atoms. The maximum Gasteiger partial charge on any atom is 0.211 e. The fraction of sp³-hybridized carbons (Fsp3) is 0.294. The molecule has 9 heteroatoms. The third kappa shape index (κ3) is 3.91. The number of aryl methyl sites for hydroxylation is 2. The van der Waals surface area contributed by atoms with E-state index in [1.807, 2.05) is 13.1 Å². The van der Waals surface area contributed by atoms with Crippen LogP contribution in [0.5, 0.6) is 5.88 Å². The number of hydrogen-bond donors (Lipinski definition) is 0. The largest absolute Gasteiger partial charge is 0.473 e. The zero-order valence-electron chi connectivity index (χ0n) is 14.7. The predicted molar refractivity (Wildman–Crippen MR) is 98.2 cm³/mol. The summed E-state index contributed by atoms with van der Waals surface area (Å²) in [5.74, 6) is 0.595. The van der Waals surface area contributed by atoms with Crippen LogP contribution in [0.3, 0.4) is 0 Å². The van der Waals surface area contributed by atoms with Crippen molar-refractivity contribution in [3.05, 3.63) is 58.5 Å². The molecule has 0 fully saturated rings. The van der Waals surface area contributed by atoms with Crippen LogP contribution in [0.1, 0.15) is 16.7 Å². The van der Waals surface area contributed by atoms with Crippen LogP contribution in [-0.4, -0.2) is 34.2 Å². The van der Waals surface area contributed by atoms with Crippen LogP contribution in [0.2, 0.25) is 5.02 Å². The molecular weight excluding hydrogens is 376 g/mol. The lowest BCUT2D eigenvalue weighted by molar-refractivity contribution is 0.278. The summed E-state index contributed by atoms with van der Waals surface area (Å²) in [6, 6.07) is 4.98. The van der Waals surface area contributed by atoms with Gasteiger partial charge in [-0.3, -0.25) is 4.68 Å². The monoisotopic (exact) mass is 394 g/mol. The zero-order chi connectivity index (χ0) is 18.9. The molecule has 0 bridgehead atoms. The van der Waals surface area contributed by atoms with Gasteiger partial charge in [-0.2, -0.15) is 10.2 Å². The Kier molecular flexibility index (Phi) is 5.06. The average molecular weight is 395 g/mol. The number of halogens is 1. The molecule has 2 aromatic heterocycles. The van der Waals surface area contributed by atoms with E-state index in [1.54, 1.807) is 47.0 Å². The first-order valence-corrected chi connectivity index (χ1v) is 10.1. The van der Waals surface area contributed by atoms with Crippen LogP contribution < -0.4 is 4.74 Å². The average Bonchev–Trinajstić information content (AvgIpc) is 3.15. The molecule has 0 aliphatic rings. The van der Waals surface area contributed by atoms with E-state index in [0.717, 1.165) is 5.56 Å². The van der Waals surface area contributed by atoms with Crippen LogP contribution in [0.25, 0.3) is 0 Å². The summed E-state index contributed by atoms with van der Waals surface area (Å²) in [5.41, 5.74) is 2.18. The van der Waals surface area contributed by atoms with Gasteiger partial charge < -0.3 is 4.74 Å². The molecule has 2 heterocycles. The Hall–Kier alpha value is -2.32. The molecule has 0 amide bonds. The van der Waals surface area contributed by atoms with Crippen molar-refractivity contribution in [1.82, 2.24) is 19.6 Å². The summed E-state index contributed by atoms with van der Waals surface area (Å²) in [5, 5.41) is 8.63. The number of benzene rings is 1. The molecule has 0 N–H and O–H groups in total. The molecule has 3 rings (SSSR count). The van der Waals surface area contributed by atoms with E-state index in [1.165, 1.54) is 6.26 Å². The Balaban J connectivity index is 1.97. The first-order valence-electron chi connectivity index (χ1n) is 7.86. The van der Waals surface area contributed by atoms with Crippen LogP contribution in [0.4, 0.5) is 0 Å². The summed E-state index contributed by atoms with van der Waals surface area (Å²) in [4.78, 5) is 0.194. The Morgan fingerprint density at radius 3 is 2.58 bits per heavy atom. The lowest BCUT2D eigenvalue weighted by Gasteiger charge is -2.15. The van der Waals surface area contributed by atoms with Crippen LogP contribution in [0, 0.1) is 6.92 Å². The van der Waals surface area contributed by atoms with Gasteiger partial charge in [0.05, 0.1) is 28.9 Å². The van der Waals surface area contributed by atoms with Crippen LogP contribution in [0.15, 0.2) is 41.7 Å². The van der Waals surface area contributed by atoms with Crippen molar-refractivity contribution in [2.75, 3.05) is 6.26 Å². The number of rotatable bonds is 6. The summed E-state index contributed by atoms with van der Waals surface area (Å²) in [7, 11) is -1.66. The lowest BCUT2D eigenvalue weighted by atomic mass is 10.1. The topological polar surface area (TPSA) is 79.0 Å². The molecule has 0 saturated heterocycles. The van der Waals surface area contributed by atoms with Crippen molar-refractivity contribution < 1.29 is 13.2 Å². The lowest BCUT2D eigenvalue weighted by Crippen LogP contribution is -2.10. The minimum Gasteiger partial charge on any atom is -0.473 e. The van der Waals surface area contributed by atoms with Gasteiger partial charge in [-0.05, 0) is 18.6 Å². The van der Waals surface area contributed by atoms with E-state index in [2.05, 4.69) is 10.2 Å². The second kappa shape index (κ2) is 7.13. The molecule has 0 unspecified atom stereocenters. The van der Waals surface area contributed by atoms with E-state index in [9.17, 15) is 8.42 Å². The molecule has 138 valence electrons. The maximum absolute atomic E-state index is 12.2. The van der Waals surface area contributed by atoms with Crippen molar-refractivity contribution in [1.29, 1.82) is 0 Å². The van der Waals surface area contributed by atoms with Crippen molar-refractivity contribution in [3.8, 4) is 5.88 Å². The molecule has 1 aromatic carbocycles. The van der Waals surface area contributed by atoms with Gasteiger partial charge in [0.2, 0.25) is 5.88 Å². The van der Waals surface area contributed by atoms with E-state index in [-0.39, 0.29) is 18.0 Å². The zero-order valence-corrected chi connectivity index (χ0v) is 16.3. The fourth-order valence-corrected chi connectivity index (χ4v) is 3.89. The normalized spacial score (nSPS) is 11.7. The fourth-order valence-electron chi connectivity index (χ4n) is 2.63. The molecule has 7 nitrogen and oxygen atoms in total. The van der Waals surface area contributed by atoms with E-state index in [4.69, 9.17) is 16.3 Å². The van der Waals surface area contributed by atoms with Gasteiger partial charge in [-0.25, -0.2) is 13.1 Å². The molecule has 0 aliphatic carbocycles. The van der Waals surface area contributed by atoms with Gasteiger partial charge in [-0.1, -0.05) is 17.7 Å². The highest BCUT2D eigenvalue weighted by molar-refractivity contribution is 7.90. The van der Waals surface area contributed by atoms with Crippen molar-refractivity contribution in [2.24, 2.45) is 7.05 Å². The van der Waals surface area contributed by atoms with Gasteiger partial charge in [0.25, 0.3) is 0 Å². The minimum atomic E-state index is -3.43. The second-order valence-corrected chi connectivity index (χ2v) is 8.45. The molecule has 0 atom stereocenters. The highest BCUT2D eigenvalue weighted by Crippen LogP contribution is 2.29. The van der Waals surface area contributed by atoms with Gasteiger partial charge in [0, 0.05) is 36.7 Å².